The zero-order valence-corrected chi connectivity index (χ0v) is 13.2. The minimum absolute atomic E-state index is 1.09. The summed E-state index contributed by atoms with van der Waals surface area (Å²) in [5.41, 5.74) is 11.8. The van der Waals surface area contributed by atoms with Gasteiger partial charge >= 0.3 is 0 Å². The Morgan fingerprint density at radius 1 is 0.667 bits per heavy atom. The quantitative estimate of drug-likeness (QED) is 0.388. The van der Waals surface area contributed by atoms with Crippen LogP contribution < -0.4 is 0 Å². The summed E-state index contributed by atoms with van der Waals surface area (Å²) in [6.45, 7) is 9.03. The minimum atomic E-state index is 1.09. The number of hydrogen-bond donors (Lipinski definition) is 0. The number of benzene rings is 3. The molecule has 0 bridgehead atoms. The van der Waals surface area contributed by atoms with Crippen molar-refractivity contribution < 1.29 is 0 Å². The van der Waals surface area contributed by atoms with E-state index >= 15 is 0 Å². The fourth-order valence-corrected chi connectivity index (χ4v) is 3.85. The van der Waals surface area contributed by atoms with E-state index in [2.05, 4.69) is 64.1 Å². The molecule has 0 amide bonds. The predicted octanol–water partition coefficient (Wildman–Crippen LogP) is 5.64. The van der Waals surface area contributed by atoms with Gasteiger partial charge in [-0.1, -0.05) is 36.4 Å². The molecular weight excluding hydrogens is 252 g/mol. The van der Waals surface area contributed by atoms with Crippen LogP contribution in [0.25, 0.3) is 21.9 Å². The Morgan fingerprint density at radius 2 is 1.38 bits per heavy atom. The third kappa shape index (κ3) is 1.56. The molecule has 0 fully saturated rings. The van der Waals surface area contributed by atoms with Gasteiger partial charge in [0.05, 0.1) is 0 Å². The van der Waals surface area contributed by atoms with Crippen LogP contribution in [-0.4, -0.2) is 0 Å². The molecule has 104 valence electrons. The molecule has 1 aliphatic carbocycles. The standard InChI is InChI=1S/C21H20/c1-12-9-10-18-19(13(12)2)11-20-15(4)14(3)16-7-5-6-8-17(16)21(18)20/h5-10H,11H2,1-4H3. The summed E-state index contributed by atoms with van der Waals surface area (Å²) in [6, 6.07) is 13.5. The zero-order valence-electron chi connectivity index (χ0n) is 13.2. The van der Waals surface area contributed by atoms with Gasteiger partial charge in [-0.3, -0.25) is 0 Å². The van der Waals surface area contributed by atoms with Gasteiger partial charge in [0.1, 0.15) is 0 Å². The lowest BCUT2D eigenvalue weighted by atomic mass is 9.90. The Bertz CT molecular complexity index is 898. The Morgan fingerprint density at radius 3 is 2.14 bits per heavy atom. The van der Waals surface area contributed by atoms with Crippen molar-refractivity contribution in [3.63, 3.8) is 0 Å². The van der Waals surface area contributed by atoms with Crippen LogP contribution in [0.2, 0.25) is 0 Å². The normalized spacial score (nSPS) is 12.6. The monoisotopic (exact) mass is 272 g/mol. The smallest absolute Gasteiger partial charge is 0.000777 e. The van der Waals surface area contributed by atoms with E-state index < -0.39 is 0 Å². The van der Waals surface area contributed by atoms with E-state index in [0.717, 1.165) is 6.42 Å². The Kier molecular flexibility index (Phi) is 2.53. The highest BCUT2D eigenvalue weighted by atomic mass is 14.3. The van der Waals surface area contributed by atoms with E-state index in [9.17, 15) is 0 Å². The predicted molar refractivity (Wildman–Crippen MR) is 91.1 cm³/mol. The largest absolute Gasteiger partial charge is 0.0616 e. The van der Waals surface area contributed by atoms with Gasteiger partial charge in [-0.05, 0) is 89.4 Å². The Balaban J connectivity index is 2.19. The van der Waals surface area contributed by atoms with Gasteiger partial charge < -0.3 is 0 Å². The van der Waals surface area contributed by atoms with Gasteiger partial charge in [-0.15, -0.1) is 0 Å². The fraction of sp³-hybridized carbons (Fsp3) is 0.238. The molecule has 0 nitrogen and oxygen atoms in total. The van der Waals surface area contributed by atoms with Crippen LogP contribution in [-0.2, 0) is 6.42 Å². The van der Waals surface area contributed by atoms with Crippen LogP contribution in [0, 0.1) is 27.7 Å². The Labute approximate surface area is 126 Å². The average molecular weight is 272 g/mol. The highest BCUT2D eigenvalue weighted by Gasteiger charge is 2.25. The molecule has 0 heterocycles. The van der Waals surface area contributed by atoms with Crippen molar-refractivity contribution >= 4 is 10.8 Å². The number of fused-ring (bicyclic) bond motifs is 5. The molecule has 0 unspecified atom stereocenters. The van der Waals surface area contributed by atoms with Gasteiger partial charge in [0.2, 0.25) is 0 Å². The van der Waals surface area contributed by atoms with E-state index in [1.165, 1.54) is 55.3 Å². The summed E-state index contributed by atoms with van der Waals surface area (Å²) in [6.07, 6.45) is 1.09. The molecule has 1 aliphatic rings. The second-order valence-electron chi connectivity index (χ2n) is 6.36. The summed E-state index contributed by atoms with van der Waals surface area (Å²) < 4.78 is 0. The third-order valence-electron chi connectivity index (χ3n) is 5.41. The van der Waals surface area contributed by atoms with Crippen LogP contribution in [0.1, 0.15) is 33.4 Å². The SMILES string of the molecule is Cc1ccc2c(c1C)Cc1c(C)c(C)c3ccccc3c1-2. The van der Waals surface area contributed by atoms with E-state index in [1.807, 2.05) is 0 Å². The van der Waals surface area contributed by atoms with E-state index in [0.29, 0.717) is 0 Å². The summed E-state index contributed by atoms with van der Waals surface area (Å²) >= 11 is 0. The highest BCUT2D eigenvalue weighted by Crippen LogP contribution is 2.45. The summed E-state index contributed by atoms with van der Waals surface area (Å²) in [7, 11) is 0. The van der Waals surface area contributed by atoms with Crippen molar-refractivity contribution in [2.45, 2.75) is 34.1 Å². The van der Waals surface area contributed by atoms with Crippen LogP contribution in [0.4, 0.5) is 0 Å². The van der Waals surface area contributed by atoms with Crippen molar-refractivity contribution in [2.24, 2.45) is 0 Å². The fourth-order valence-electron chi connectivity index (χ4n) is 3.85. The highest BCUT2D eigenvalue weighted by molar-refractivity contribution is 6.03. The second kappa shape index (κ2) is 4.21. The van der Waals surface area contributed by atoms with Gasteiger partial charge in [0.15, 0.2) is 0 Å². The topological polar surface area (TPSA) is 0 Å². The first-order valence-corrected chi connectivity index (χ1v) is 7.70. The van der Waals surface area contributed by atoms with E-state index in [4.69, 9.17) is 0 Å². The minimum Gasteiger partial charge on any atom is -0.0616 e. The molecule has 0 atom stereocenters. The third-order valence-corrected chi connectivity index (χ3v) is 5.41. The number of aryl methyl sites for hydroxylation is 2. The molecule has 21 heavy (non-hydrogen) atoms. The molecule has 0 spiro atoms. The maximum Gasteiger partial charge on any atom is -0.000777 e. The summed E-state index contributed by atoms with van der Waals surface area (Å²) in [4.78, 5) is 0. The molecule has 0 radical (unpaired) electrons. The average Bonchev–Trinajstić information content (AvgIpc) is 2.89. The van der Waals surface area contributed by atoms with Crippen molar-refractivity contribution in [1.82, 2.24) is 0 Å². The number of hydrogen-bond acceptors (Lipinski definition) is 0. The molecule has 0 heteroatoms. The van der Waals surface area contributed by atoms with E-state index in [1.54, 1.807) is 0 Å². The molecule has 0 N–H and O–H groups in total. The zero-order chi connectivity index (χ0) is 14.7. The lowest BCUT2D eigenvalue weighted by molar-refractivity contribution is 1.16. The van der Waals surface area contributed by atoms with Gasteiger partial charge in [-0.2, -0.15) is 0 Å². The molecular formula is C21H20. The molecule has 3 aromatic carbocycles. The first kappa shape index (κ1) is 12.6. The first-order valence-electron chi connectivity index (χ1n) is 7.70. The van der Waals surface area contributed by atoms with Crippen molar-refractivity contribution in [3.05, 3.63) is 69.8 Å². The molecule has 0 aromatic heterocycles. The van der Waals surface area contributed by atoms with Crippen LogP contribution in [0.5, 0.6) is 0 Å². The Hall–Kier alpha value is -2.08. The van der Waals surface area contributed by atoms with Crippen LogP contribution >= 0.6 is 0 Å². The van der Waals surface area contributed by atoms with Crippen LogP contribution in [0.15, 0.2) is 36.4 Å². The summed E-state index contributed by atoms with van der Waals surface area (Å²) in [5, 5.41) is 2.82. The molecule has 3 aromatic rings. The second-order valence-corrected chi connectivity index (χ2v) is 6.36. The maximum absolute atomic E-state index is 2.32. The lowest BCUT2D eigenvalue weighted by Crippen LogP contribution is -1.93. The maximum atomic E-state index is 2.32. The lowest BCUT2D eigenvalue weighted by Gasteiger charge is -2.14. The van der Waals surface area contributed by atoms with Crippen LogP contribution in [0.3, 0.4) is 0 Å². The first-order chi connectivity index (χ1) is 10.1. The molecule has 0 aliphatic heterocycles. The summed E-state index contributed by atoms with van der Waals surface area (Å²) in [5.74, 6) is 0. The van der Waals surface area contributed by atoms with Gasteiger partial charge in [0.25, 0.3) is 0 Å². The molecule has 0 saturated carbocycles. The van der Waals surface area contributed by atoms with Crippen molar-refractivity contribution in [2.75, 3.05) is 0 Å². The van der Waals surface area contributed by atoms with Gasteiger partial charge in [-0.25, -0.2) is 0 Å². The molecule has 4 rings (SSSR count). The number of rotatable bonds is 0. The van der Waals surface area contributed by atoms with Crippen molar-refractivity contribution in [1.29, 1.82) is 0 Å². The molecule has 0 saturated heterocycles. The van der Waals surface area contributed by atoms with Gasteiger partial charge in [0, 0.05) is 0 Å². The van der Waals surface area contributed by atoms with Crippen molar-refractivity contribution in [3.8, 4) is 11.1 Å². The van der Waals surface area contributed by atoms with E-state index in [-0.39, 0.29) is 0 Å².